The van der Waals surface area contributed by atoms with E-state index in [9.17, 15) is 0 Å². The molecular formula is C20H32IN3O. The van der Waals surface area contributed by atoms with Gasteiger partial charge in [-0.3, -0.25) is 4.99 Å². The summed E-state index contributed by atoms with van der Waals surface area (Å²) in [6.07, 6.45) is 4.94. The van der Waals surface area contributed by atoms with Crippen LogP contribution in [0.5, 0.6) is 0 Å². The molecule has 0 aromatic heterocycles. The number of likely N-dealkylation sites (tertiary alicyclic amines) is 1. The summed E-state index contributed by atoms with van der Waals surface area (Å²) in [5.41, 5.74) is 1.45. The van der Waals surface area contributed by atoms with Gasteiger partial charge in [-0.2, -0.15) is 0 Å². The number of guanidine groups is 1. The molecule has 0 radical (unpaired) electrons. The van der Waals surface area contributed by atoms with Gasteiger partial charge in [-0.15, -0.1) is 24.0 Å². The number of nitrogens with zero attached hydrogens (tertiary/aromatic N) is 2. The Morgan fingerprint density at radius 3 is 2.76 bits per heavy atom. The lowest BCUT2D eigenvalue weighted by molar-refractivity contribution is 0.123. The third-order valence-corrected chi connectivity index (χ3v) is 4.85. The first kappa shape index (κ1) is 20.5. The predicted octanol–water partition coefficient (Wildman–Crippen LogP) is 3.88. The van der Waals surface area contributed by atoms with Crippen molar-refractivity contribution in [3.8, 4) is 0 Å². The fourth-order valence-electron chi connectivity index (χ4n) is 3.26. The van der Waals surface area contributed by atoms with Gasteiger partial charge in [0.1, 0.15) is 0 Å². The monoisotopic (exact) mass is 457 g/mol. The molecular weight excluding hydrogens is 425 g/mol. The zero-order chi connectivity index (χ0) is 16.6. The number of halogens is 1. The molecule has 4 nitrogen and oxygen atoms in total. The van der Waals surface area contributed by atoms with E-state index in [1.807, 2.05) is 0 Å². The van der Waals surface area contributed by atoms with E-state index in [4.69, 9.17) is 9.73 Å². The van der Waals surface area contributed by atoms with E-state index < -0.39 is 0 Å². The summed E-state index contributed by atoms with van der Waals surface area (Å²) in [5.74, 6) is 2.54. The third kappa shape index (κ3) is 6.77. The van der Waals surface area contributed by atoms with Crippen LogP contribution in [0.25, 0.3) is 0 Å². The highest BCUT2D eigenvalue weighted by atomic mass is 127. The molecule has 1 unspecified atom stereocenters. The number of rotatable bonds is 8. The Morgan fingerprint density at radius 2 is 2.04 bits per heavy atom. The summed E-state index contributed by atoms with van der Waals surface area (Å²) >= 11 is 0. The maximum atomic E-state index is 5.70. The average molecular weight is 457 g/mol. The van der Waals surface area contributed by atoms with Crippen LogP contribution < -0.4 is 5.32 Å². The van der Waals surface area contributed by atoms with Crippen molar-refractivity contribution >= 4 is 29.9 Å². The van der Waals surface area contributed by atoms with Gasteiger partial charge in [-0.05, 0) is 44.1 Å². The van der Waals surface area contributed by atoms with Crippen molar-refractivity contribution in [3.05, 3.63) is 35.9 Å². The summed E-state index contributed by atoms with van der Waals surface area (Å²) in [7, 11) is 0. The Balaban J connectivity index is 0.00000225. The molecule has 1 aliphatic carbocycles. The first-order valence-electron chi connectivity index (χ1n) is 9.52. The van der Waals surface area contributed by atoms with Gasteiger partial charge in [0, 0.05) is 45.3 Å². The molecule has 2 aliphatic rings. The lowest BCUT2D eigenvalue weighted by Crippen LogP contribution is -2.40. The number of hydrogen-bond acceptors (Lipinski definition) is 2. The highest BCUT2D eigenvalue weighted by molar-refractivity contribution is 14.0. The molecule has 5 heteroatoms. The Bertz CT molecular complexity index is 519. The van der Waals surface area contributed by atoms with Gasteiger partial charge < -0.3 is 15.0 Å². The fourth-order valence-corrected chi connectivity index (χ4v) is 3.26. The number of benzene rings is 1. The van der Waals surface area contributed by atoms with Crippen LogP contribution in [0.1, 0.15) is 44.1 Å². The van der Waals surface area contributed by atoms with Crippen molar-refractivity contribution in [2.45, 2.75) is 38.5 Å². The molecule has 1 aliphatic heterocycles. The first-order chi connectivity index (χ1) is 11.9. The van der Waals surface area contributed by atoms with Crippen LogP contribution >= 0.6 is 24.0 Å². The van der Waals surface area contributed by atoms with Crippen molar-refractivity contribution in [2.24, 2.45) is 10.9 Å². The standard InChI is InChI=1S/C20H31N3O.HI/c1-2-21-20(22-12-6-14-24-16-17-9-10-17)23-13-11-19(15-23)18-7-4-3-5-8-18;/h3-5,7-8,17,19H,2,6,9-16H2,1H3,(H,21,22);1H. The van der Waals surface area contributed by atoms with Crippen LogP contribution in [-0.2, 0) is 4.74 Å². The first-order valence-corrected chi connectivity index (χ1v) is 9.52. The number of nitrogens with one attached hydrogen (secondary N) is 1. The highest BCUT2D eigenvalue weighted by Gasteiger charge is 2.25. The maximum Gasteiger partial charge on any atom is 0.193 e. The van der Waals surface area contributed by atoms with Gasteiger partial charge in [0.15, 0.2) is 5.96 Å². The van der Waals surface area contributed by atoms with Crippen molar-refractivity contribution in [3.63, 3.8) is 0 Å². The van der Waals surface area contributed by atoms with E-state index in [2.05, 4.69) is 47.5 Å². The molecule has 1 saturated heterocycles. The zero-order valence-electron chi connectivity index (χ0n) is 15.3. The lowest BCUT2D eigenvalue weighted by atomic mass is 9.99. The smallest absolute Gasteiger partial charge is 0.193 e. The molecule has 1 heterocycles. The molecule has 1 atom stereocenters. The largest absolute Gasteiger partial charge is 0.381 e. The number of aliphatic imine (C=N–C) groups is 1. The molecule has 3 rings (SSSR count). The Labute approximate surface area is 169 Å². The van der Waals surface area contributed by atoms with E-state index in [1.54, 1.807) is 0 Å². The summed E-state index contributed by atoms with van der Waals surface area (Å²) in [6, 6.07) is 10.9. The summed E-state index contributed by atoms with van der Waals surface area (Å²) in [5, 5.41) is 3.45. The lowest BCUT2D eigenvalue weighted by Gasteiger charge is -2.21. The number of hydrogen-bond donors (Lipinski definition) is 1. The molecule has 140 valence electrons. The second-order valence-corrected chi connectivity index (χ2v) is 6.95. The van der Waals surface area contributed by atoms with Gasteiger partial charge in [0.05, 0.1) is 0 Å². The van der Waals surface area contributed by atoms with Crippen molar-refractivity contribution in [1.29, 1.82) is 0 Å². The van der Waals surface area contributed by atoms with Crippen LogP contribution in [0.4, 0.5) is 0 Å². The molecule has 2 fully saturated rings. The Hall–Kier alpha value is -0.820. The Kier molecular flexibility index (Phi) is 9.03. The summed E-state index contributed by atoms with van der Waals surface area (Å²) in [6.45, 7) is 7.85. The van der Waals surface area contributed by atoms with E-state index in [0.717, 1.165) is 57.7 Å². The molecule has 1 N–H and O–H groups in total. The van der Waals surface area contributed by atoms with Crippen LogP contribution in [0.3, 0.4) is 0 Å². The van der Waals surface area contributed by atoms with Gasteiger partial charge in [-0.1, -0.05) is 30.3 Å². The average Bonchev–Trinajstić information content (AvgIpc) is 3.31. The van der Waals surface area contributed by atoms with Crippen LogP contribution in [0, 0.1) is 5.92 Å². The third-order valence-electron chi connectivity index (χ3n) is 4.85. The molecule has 0 amide bonds. The van der Waals surface area contributed by atoms with Crippen molar-refractivity contribution in [1.82, 2.24) is 10.2 Å². The van der Waals surface area contributed by atoms with Crippen molar-refractivity contribution in [2.75, 3.05) is 39.4 Å². The SMILES string of the molecule is CCNC(=NCCCOCC1CC1)N1CCC(c2ccccc2)C1.I. The quantitative estimate of drug-likeness (QED) is 0.279. The summed E-state index contributed by atoms with van der Waals surface area (Å²) in [4.78, 5) is 7.22. The predicted molar refractivity (Wildman–Crippen MR) is 115 cm³/mol. The topological polar surface area (TPSA) is 36.9 Å². The van der Waals surface area contributed by atoms with E-state index in [0.29, 0.717) is 5.92 Å². The van der Waals surface area contributed by atoms with E-state index >= 15 is 0 Å². The van der Waals surface area contributed by atoms with Gasteiger partial charge in [-0.25, -0.2) is 0 Å². The second kappa shape index (κ2) is 11.0. The van der Waals surface area contributed by atoms with Crippen LogP contribution in [-0.4, -0.2) is 50.3 Å². The van der Waals surface area contributed by atoms with Crippen molar-refractivity contribution < 1.29 is 4.74 Å². The zero-order valence-corrected chi connectivity index (χ0v) is 17.7. The maximum absolute atomic E-state index is 5.70. The molecule has 1 aromatic rings. The molecule has 0 bridgehead atoms. The fraction of sp³-hybridized carbons (Fsp3) is 0.650. The minimum atomic E-state index is 0. The number of ether oxygens (including phenoxy) is 1. The molecule has 1 saturated carbocycles. The van der Waals surface area contributed by atoms with Gasteiger partial charge in [0.25, 0.3) is 0 Å². The van der Waals surface area contributed by atoms with Gasteiger partial charge >= 0.3 is 0 Å². The van der Waals surface area contributed by atoms with Crippen LogP contribution in [0.2, 0.25) is 0 Å². The molecule has 1 aromatic carbocycles. The summed E-state index contributed by atoms with van der Waals surface area (Å²) < 4.78 is 5.70. The van der Waals surface area contributed by atoms with Gasteiger partial charge in [0.2, 0.25) is 0 Å². The second-order valence-electron chi connectivity index (χ2n) is 6.95. The minimum absolute atomic E-state index is 0. The van der Waals surface area contributed by atoms with E-state index in [1.165, 1.54) is 24.8 Å². The molecule has 25 heavy (non-hydrogen) atoms. The van der Waals surface area contributed by atoms with E-state index in [-0.39, 0.29) is 24.0 Å². The minimum Gasteiger partial charge on any atom is -0.381 e. The molecule has 0 spiro atoms. The highest BCUT2D eigenvalue weighted by Crippen LogP contribution is 2.29. The normalized spacial score (nSPS) is 20.4. The Morgan fingerprint density at radius 1 is 1.24 bits per heavy atom. The van der Waals surface area contributed by atoms with Crippen LogP contribution in [0.15, 0.2) is 35.3 Å².